The van der Waals surface area contributed by atoms with Crippen molar-refractivity contribution in [2.45, 2.75) is 11.0 Å². The van der Waals surface area contributed by atoms with Crippen LogP contribution in [0.1, 0.15) is 0 Å². The lowest BCUT2D eigenvalue weighted by molar-refractivity contribution is 0.0547. The number of nitrogens with zero attached hydrogens (tertiary/aromatic N) is 1. The summed E-state index contributed by atoms with van der Waals surface area (Å²) in [6, 6.07) is 4.62. The first kappa shape index (κ1) is 11.8. The molecule has 1 aromatic carbocycles. The van der Waals surface area contributed by atoms with Crippen LogP contribution in [-0.2, 0) is 10.0 Å². The molecule has 2 rings (SSSR count). The fourth-order valence-corrected chi connectivity index (χ4v) is 3.94. The summed E-state index contributed by atoms with van der Waals surface area (Å²) in [4.78, 5) is 0.138. The summed E-state index contributed by atoms with van der Waals surface area (Å²) in [5.74, 6) is 0. The summed E-state index contributed by atoms with van der Waals surface area (Å²) in [5, 5.41) is 9.11. The van der Waals surface area contributed by atoms with Crippen LogP contribution in [0.5, 0.6) is 0 Å². The molecule has 0 unspecified atom stereocenters. The predicted octanol–water partition coefficient (Wildman–Crippen LogP) is 0.397. The molecule has 0 amide bonds. The van der Waals surface area contributed by atoms with E-state index in [-0.39, 0.29) is 18.0 Å². The number of β-amino-alcohol motifs (C(OH)–C–C–N with tert-alkyl or cyclic N) is 1. The number of halogens is 1. The number of aliphatic hydroxyl groups excluding tert-OH is 1. The number of hydrogen-bond donors (Lipinski definition) is 2. The van der Waals surface area contributed by atoms with Crippen LogP contribution >= 0.6 is 15.9 Å². The van der Waals surface area contributed by atoms with E-state index < -0.39 is 16.1 Å². The second-order valence-corrected chi connectivity index (χ2v) is 6.43. The van der Waals surface area contributed by atoms with Crippen molar-refractivity contribution in [2.24, 2.45) is 0 Å². The van der Waals surface area contributed by atoms with Gasteiger partial charge in [0.1, 0.15) is 0 Å². The Morgan fingerprint density at radius 3 is 2.62 bits per heavy atom. The zero-order chi connectivity index (χ0) is 11.9. The first-order valence-electron chi connectivity index (χ1n) is 4.64. The Bertz CT molecular complexity index is 511. The van der Waals surface area contributed by atoms with Crippen LogP contribution in [0.25, 0.3) is 0 Å². The second kappa shape index (κ2) is 3.99. The highest BCUT2D eigenvalue weighted by Crippen LogP contribution is 2.29. The smallest absolute Gasteiger partial charge is 0.244 e. The highest BCUT2D eigenvalue weighted by atomic mass is 79.9. The number of anilines is 1. The van der Waals surface area contributed by atoms with E-state index in [2.05, 4.69) is 15.9 Å². The monoisotopic (exact) mass is 306 g/mol. The van der Waals surface area contributed by atoms with Gasteiger partial charge in [-0.1, -0.05) is 0 Å². The Morgan fingerprint density at radius 2 is 2.06 bits per heavy atom. The molecule has 1 fully saturated rings. The Morgan fingerprint density at radius 1 is 1.44 bits per heavy atom. The Kier molecular flexibility index (Phi) is 2.95. The minimum absolute atomic E-state index is 0.138. The molecule has 3 N–H and O–H groups in total. The third-order valence-electron chi connectivity index (χ3n) is 2.40. The van der Waals surface area contributed by atoms with E-state index in [1.54, 1.807) is 12.1 Å². The number of nitrogen functional groups attached to an aromatic ring is 1. The van der Waals surface area contributed by atoms with E-state index in [0.717, 1.165) is 0 Å². The van der Waals surface area contributed by atoms with Gasteiger partial charge in [-0.2, -0.15) is 4.31 Å². The highest BCUT2D eigenvalue weighted by Gasteiger charge is 2.36. The van der Waals surface area contributed by atoms with Gasteiger partial charge in [-0.25, -0.2) is 8.42 Å². The Balaban J connectivity index is 2.40. The zero-order valence-electron chi connectivity index (χ0n) is 8.30. The Hall–Kier alpha value is -0.630. The minimum Gasteiger partial charge on any atom is -0.399 e. The fourth-order valence-electron chi connectivity index (χ4n) is 1.47. The molecule has 0 spiro atoms. The quantitative estimate of drug-likeness (QED) is 0.775. The van der Waals surface area contributed by atoms with E-state index in [0.29, 0.717) is 10.2 Å². The van der Waals surface area contributed by atoms with Crippen molar-refractivity contribution in [3.8, 4) is 0 Å². The number of aliphatic hydroxyl groups is 1. The molecule has 1 aliphatic rings. The summed E-state index contributed by atoms with van der Waals surface area (Å²) in [6.45, 7) is 0.285. The van der Waals surface area contributed by atoms with Gasteiger partial charge in [0.15, 0.2) is 0 Å². The lowest BCUT2D eigenvalue weighted by Crippen LogP contribution is -2.53. The molecule has 7 heteroatoms. The summed E-state index contributed by atoms with van der Waals surface area (Å²) in [5.41, 5.74) is 5.95. The van der Waals surface area contributed by atoms with Gasteiger partial charge in [0.25, 0.3) is 0 Å². The lowest BCUT2D eigenvalue weighted by Gasteiger charge is -2.34. The van der Waals surface area contributed by atoms with Crippen LogP contribution in [0.4, 0.5) is 5.69 Å². The van der Waals surface area contributed by atoms with Gasteiger partial charge in [0.2, 0.25) is 10.0 Å². The minimum atomic E-state index is -3.54. The summed E-state index contributed by atoms with van der Waals surface area (Å²) in [7, 11) is -3.54. The molecule has 16 heavy (non-hydrogen) atoms. The maximum absolute atomic E-state index is 12.1. The molecule has 0 saturated carbocycles. The predicted molar refractivity (Wildman–Crippen MR) is 63.3 cm³/mol. The average molecular weight is 307 g/mol. The van der Waals surface area contributed by atoms with E-state index >= 15 is 0 Å². The largest absolute Gasteiger partial charge is 0.399 e. The van der Waals surface area contributed by atoms with Gasteiger partial charge in [-0.15, -0.1) is 0 Å². The van der Waals surface area contributed by atoms with Crippen molar-refractivity contribution >= 4 is 31.6 Å². The molecule has 0 aromatic heterocycles. The molecule has 0 atom stereocenters. The zero-order valence-corrected chi connectivity index (χ0v) is 10.7. The van der Waals surface area contributed by atoms with Crippen LogP contribution < -0.4 is 5.73 Å². The SMILES string of the molecule is Nc1ccc(Br)c(S(=O)(=O)N2CC(O)C2)c1. The van der Waals surface area contributed by atoms with E-state index in [1.807, 2.05) is 0 Å². The van der Waals surface area contributed by atoms with Gasteiger partial charge < -0.3 is 10.8 Å². The van der Waals surface area contributed by atoms with Crippen LogP contribution in [-0.4, -0.2) is 37.0 Å². The Labute approximate surface area is 102 Å². The summed E-state index contributed by atoms with van der Waals surface area (Å²) in [6.07, 6.45) is -0.561. The van der Waals surface area contributed by atoms with Crippen molar-refractivity contribution in [1.82, 2.24) is 4.31 Å². The molecule has 1 aromatic rings. The van der Waals surface area contributed by atoms with Gasteiger partial charge in [-0.05, 0) is 34.1 Å². The first-order chi connectivity index (χ1) is 7.41. The van der Waals surface area contributed by atoms with Crippen LogP contribution in [0, 0.1) is 0 Å². The lowest BCUT2D eigenvalue weighted by atomic mass is 10.2. The third kappa shape index (κ3) is 1.95. The van der Waals surface area contributed by atoms with E-state index in [1.165, 1.54) is 10.4 Å². The molecule has 1 heterocycles. The number of rotatable bonds is 2. The topological polar surface area (TPSA) is 83.6 Å². The van der Waals surface area contributed by atoms with Crippen LogP contribution in [0.2, 0.25) is 0 Å². The number of sulfonamides is 1. The maximum Gasteiger partial charge on any atom is 0.244 e. The maximum atomic E-state index is 12.1. The van der Waals surface area contributed by atoms with Crippen molar-refractivity contribution in [1.29, 1.82) is 0 Å². The number of nitrogens with two attached hydrogens (primary N) is 1. The molecule has 5 nitrogen and oxygen atoms in total. The van der Waals surface area contributed by atoms with Crippen molar-refractivity contribution in [2.75, 3.05) is 18.8 Å². The number of hydrogen-bond acceptors (Lipinski definition) is 4. The average Bonchev–Trinajstić information content (AvgIpc) is 2.16. The summed E-state index contributed by atoms with van der Waals surface area (Å²) >= 11 is 3.18. The molecule has 1 saturated heterocycles. The van der Waals surface area contributed by atoms with Gasteiger partial charge in [-0.3, -0.25) is 0 Å². The van der Waals surface area contributed by atoms with Gasteiger partial charge in [0, 0.05) is 23.2 Å². The normalized spacial score (nSPS) is 18.4. The summed E-state index contributed by atoms with van der Waals surface area (Å²) < 4.78 is 25.8. The van der Waals surface area contributed by atoms with E-state index in [9.17, 15) is 8.42 Å². The molecular formula is C9H11BrN2O3S. The molecule has 88 valence electrons. The number of benzene rings is 1. The molecular weight excluding hydrogens is 296 g/mol. The molecule has 0 radical (unpaired) electrons. The second-order valence-electron chi connectivity index (χ2n) is 3.67. The van der Waals surface area contributed by atoms with Crippen molar-refractivity contribution in [3.63, 3.8) is 0 Å². The third-order valence-corrected chi connectivity index (χ3v) is 5.23. The van der Waals surface area contributed by atoms with Crippen LogP contribution in [0.3, 0.4) is 0 Å². The molecule has 1 aliphatic heterocycles. The van der Waals surface area contributed by atoms with Gasteiger partial charge >= 0.3 is 0 Å². The molecule has 0 bridgehead atoms. The highest BCUT2D eigenvalue weighted by molar-refractivity contribution is 9.10. The van der Waals surface area contributed by atoms with Crippen LogP contribution in [0.15, 0.2) is 27.6 Å². The first-order valence-corrected chi connectivity index (χ1v) is 6.88. The van der Waals surface area contributed by atoms with Crippen molar-refractivity contribution < 1.29 is 13.5 Å². The standard InChI is InChI=1S/C9H11BrN2O3S/c10-8-2-1-6(11)3-9(8)16(14,15)12-4-7(13)5-12/h1-3,7,13H,4-5,11H2. The van der Waals surface area contributed by atoms with Gasteiger partial charge in [0.05, 0.1) is 11.0 Å². The van der Waals surface area contributed by atoms with E-state index in [4.69, 9.17) is 10.8 Å². The fraction of sp³-hybridized carbons (Fsp3) is 0.333. The molecule has 0 aliphatic carbocycles. The van der Waals surface area contributed by atoms with Crippen molar-refractivity contribution in [3.05, 3.63) is 22.7 Å².